The van der Waals surface area contributed by atoms with E-state index < -0.39 is 6.48 Å². The van der Waals surface area contributed by atoms with Crippen molar-refractivity contribution in [3.8, 4) is 0 Å². The highest BCUT2D eigenvalue weighted by Gasteiger charge is 2.09. The van der Waals surface area contributed by atoms with Crippen LogP contribution < -0.4 is 0 Å². The Bertz CT molecular complexity index is 220. The lowest BCUT2D eigenvalue weighted by Crippen LogP contribution is -2.25. The van der Waals surface area contributed by atoms with Crippen LogP contribution in [0.25, 0.3) is 0 Å². The molecule has 0 rings (SSSR count). The lowest BCUT2D eigenvalue weighted by molar-refractivity contribution is -0.290. The molecule has 0 fully saturated rings. The van der Waals surface area contributed by atoms with Gasteiger partial charge in [0.1, 0.15) is 13.2 Å². The van der Waals surface area contributed by atoms with Crippen LogP contribution in [0.3, 0.4) is 0 Å². The average Bonchev–Trinajstić information content (AvgIpc) is 2.29. The quantitative estimate of drug-likeness (QED) is 0.322. The lowest BCUT2D eigenvalue weighted by atomic mass is 10.7. The molecule has 0 saturated heterocycles. The fourth-order valence-corrected chi connectivity index (χ4v) is 0.940. The Hall–Kier alpha value is -1.18. The molecule has 0 radical (unpaired) electrons. The normalized spacial score (nSPS) is 10.4. The Kier molecular flexibility index (Phi) is 10.2. The van der Waals surface area contributed by atoms with Crippen LogP contribution in [-0.2, 0) is 33.3 Å². The molecular formula is C11H20O7. The van der Waals surface area contributed by atoms with Gasteiger partial charge in [0.15, 0.2) is 0 Å². The maximum Gasteiger partial charge on any atom is 0.302 e. The highest BCUT2D eigenvalue weighted by Crippen LogP contribution is 1.98. The van der Waals surface area contributed by atoms with E-state index in [0.29, 0.717) is 6.61 Å². The molecule has 18 heavy (non-hydrogen) atoms. The second kappa shape index (κ2) is 10.9. The van der Waals surface area contributed by atoms with E-state index in [1.165, 1.54) is 13.8 Å². The van der Waals surface area contributed by atoms with Crippen molar-refractivity contribution in [2.45, 2.75) is 27.2 Å². The van der Waals surface area contributed by atoms with Crippen LogP contribution in [0.5, 0.6) is 0 Å². The van der Waals surface area contributed by atoms with Gasteiger partial charge >= 0.3 is 11.9 Å². The van der Waals surface area contributed by atoms with Crippen molar-refractivity contribution in [2.75, 3.05) is 33.0 Å². The van der Waals surface area contributed by atoms with E-state index in [1.807, 2.05) is 0 Å². The predicted octanol–water partition coefficient (Wildman–Crippen LogP) is 0.466. The molecule has 0 amide bonds. The first kappa shape index (κ1) is 16.8. The Balaban J connectivity index is 3.64. The summed E-state index contributed by atoms with van der Waals surface area (Å²) in [4.78, 5) is 21.0. The standard InChI is InChI=1S/C11H20O7/c1-4-14-11(17-7-5-15-9(2)12)18-8-6-16-10(3)13/h11H,4-8H2,1-3H3. The molecule has 7 heteroatoms. The third kappa shape index (κ3) is 11.3. The number of ether oxygens (including phenoxy) is 5. The van der Waals surface area contributed by atoms with Gasteiger partial charge in [-0.3, -0.25) is 9.59 Å². The first-order valence-corrected chi connectivity index (χ1v) is 5.67. The predicted molar refractivity (Wildman–Crippen MR) is 60.6 cm³/mol. The molecule has 106 valence electrons. The van der Waals surface area contributed by atoms with Crippen LogP contribution in [0.4, 0.5) is 0 Å². The van der Waals surface area contributed by atoms with Gasteiger partial charge in [-0.1, -0.05) is 0 Å². The molecule has 0 aromatic rings. The highest BCUT2D eigenvalue weighted by molar-refractivity contribution is 5.66. The van der Waals surface area contributed by atoms with Crippen molar-refractivity contribution >= 4 is 11.9 Å². The molecule has 0 spiro atoms. The van der Waals surface area contributed by atoms with Gasteiger partial charge in [-0.05, 0) is 6.92 Å². The first-order chi connectivity index (χ1) is 8.56. The fourth-order valence-electron chi connectivity index (χ4n) is 0.940. The van der Waals surface area contributed by atoms with E-state index in [1.54, 1.807) is 6.92 Å². The Morgan fingerprint density at radius 2 is 1.28 bits per heavy atom. The van der Waals surface area contributed by atoms with Crippen molar-refractivity contribution < 1.29 is 33.3 Å². The minimum Gasteiger partial charge on any atom is -0.463 e. The number of rotatable bonds is 10. The smallest absolute Gasteiger partial charge is 0.302 e. The number of esters is 2. The largest absolute Gasteiger partial charge is 0.463 e. The second-order valence-electron chi connectivity index (χ2n) is 3.17. The van der Waals surface area contributed by atoms with Crippen molar-refractivity contribution in [2.24, 2.45) is 0 Å². The molecule has 0 aliphatic rings. The maximum atomic E-state index is 10.5. The zero-order chi connectivity index (χ0) is 13.8. The van der Waals surface area contributed by atoms with E-state index >= 15 is 0 Å². The molecule has 0 aromatic heterocycles. The number of carbonyl (C=O) groups is 2. The summed E-state index contributed by atoms with van der Waals surface area (Å²) in [6.07, 6.45) is 0. The molecular weight excluding hydrogens is 244 g/mol. The minimum absolute atomic E-state index is 0.131. The van der Waals surface area contributed by atoms with Gasteiger partial charge in [0.2, 0.25) is 0 Å². The van der Waals surface area contributed by atoms with Crippen molar-refractivity contribution in [1.82, 2.24) is 0 Å². The zero-order valence-electron chi connectivity index (χ0n) is 11.0. The molecule has 0 aliphatic heterocycles. The second-order valence-corrected chi connectivity index (χ2v) is 3.17. The van der Waals surface area contributed by atoms with E-state index in [2.05, 4.69) is 9.47 Å². The topological polar surface area (TPSA) is 80.3 Å². The van der Waals surface area contributed by atoms with Crippen LogP contribution in [0.15, 0.2) is 0 Å². The highest BCUT2D eigenvalue weighted by atomic mass is 16.8. The average molecular weight is 264 g/mol. The van der Waals surface area contributed by atoms with E-state index in [0.717, 1.165) is 0 Å². The van der Waals surface area contributed by atoms with Gasteiger partial charge in [0, 0.05) is 20.5 Å². The maximum absolute atomic E-state index is 10.5. The molecule has 0 atom stereocenters. The third-order valence-corrected chi connectivity index (χ3v) is 1.59. The SMILES string of the molecule is CCOC(OCCOC(C)=O)OCCOC(C)=O. The van der Waals surface area contributed by atoms with E-state index in [9.17, 15) is 9.59 Å². The molecule has 0 aliphatic carbocycles. The number of hydrogen-bond acceptors (Lipinski definition) is 7. The molecule has 0 saturated carbocycles. The molecule has 0 N–H and O–H groups in total. The van der Waals surface area contributed by atoms with Crippen molar-refractivity contribution in [3.05, 3.63) is 0 Å². The molecule has 0 heterocycles. The van der Waals surface area contributed by atoms with Gasteiger partial charge in [0.05, 0.1) is 13.2 Å². The van der Waals surface area contributed by atoms with Gasteiger partial charge in [-0.15, -0.1) is 0 Å². The van der Waals surface area contributed by atoms with Crippen molar-refractivity contribution in [3.63, 3.8) is 0 Å². The summed E-state index contributed by atoms with van der Waals surface area (Å²) in [6.45, 7) is 4.56. The van der Waals surface area contributed by atoms with Gasteiger partial charge in [0.25, 0.3) is 6.48 Å². The summed E-state index contributed by atoms with van der Waals surface area (Å²) in [5.41, 5.74) is 0. The Morgan fingerprint density at radius 3 is 1.61 bits per heavy atom. The summed E-state index contributed by atoms with van der Waals surface area (Å²) >= 11 is 0. The van der Waals surface area contributed by atoms with Crippen LogP contribution in [0.2, 0.25) is 0 Å². The lowest BCUT2D eigenvalue weighted by Gasteiger charge is -2.17. The first-order valence-electron chi connectivity index (χ1n) is 5.67. The van der Waals surface area contributed by atoms with Crippen LogP contribution in [0, 0.1) is 0 Å². The molecule has 0 aromatic carbocycles. The monoisotopic (exact) mass is 264 g/mol. The summed E-state index contributed by atoms with van der Waals surface area (Å²) in [6, 6.07) is 0. The number of carbonyl (C=O) groups excluding carboxylic acids is 2. The zero-order valence-corrected chi connectivity index (χ0v) is 11.0. The Morgan fingerprint density at radius 1 is 0.833 bits per heavy atom. The fraction of sp³-hybridized carbons (Fsp3) is 0.818. The molecule has 0 unspecified atom stereocenters. The van der Waals surface area contributed by atoms with Crippen LogP contribution in [-0.4, -0.2) is 51.4 Å². The number of hydrogen-bond donors (Lipinski definition) is 0. The third-order valence-electron chi connectivity index (χ3n) is 1.59. The summed E-state index contributed by atoms with van der Waals surface area (Å²) in [5, 5.41) is 0. The molecule has 7 nitrogen and oxygen atoms in total. The van der Waals surface area contributed by atoms with Gasteiger partial charge in [-0.25, -0.2) is 0 Å². The van der Waals surface area contributed by atoms with Gasteiger partial charge in [-0.2, -0.15) is 0 Å². The molecule has 0 bridgehead atoms. The van der Waals surface area contributed by atoms with Crippen LogP contribution >= 0.6 is 0 Å². The summed E-state index contributed by atoms with van der Waals surface area (Å²) in [7, 11) is 0. The Labute approximate surface area is 106 Å². The van der Waals surface area contributed by atoms with Crippen LogP contribution in [0.1, 0.15) is 20.8 Å². The van der Waals surface area contributed by atoms with E-state index in [4.69, 9.17) is 14.2 Å². The van der Waals surface area contributed by atoms with Gasteiger partial charge < -0.3 is 23.7 Å². The summed E-state index contributed by atoms with van der Waals surface area (Å²) < 4.78 is 24.9. The summed E-state index contributed by atoms with van der Waals surface area (Å²) in [5.74, 6) is -0.746. The van der Waals surface area contributed by atoms with E-state index in [-0.39, 0.29) is 38.4 Å². The van der Waals surface area contributed by atoms with Crippen molar-refractivity contribution in [1.29, 1.82) is 0 Å². The minimum atomic E-state index is -0.860.